The van der Waals surface area contributed by atoms with Crippen molar-refractivity contribution in [3.05, 3.63) is 101 Å². The molecule has 61 heavy (non-hydrogen) atoms. The van der Waals surface area contributed by atoms with Gasteiger partial charge in [-0.15, -0.1) is 0 Å². The highest BCUT2D eigenvalue weighted by Gasteiger charge is 2.79. The smallest absolute Gasteiger partial charge is 0.407 e. The first-order chi connectivity index (χ1) is 29.0. The van der Waals surface area contributed by atoms with Gasteiger partial charge in [-0.1, -0.05) is 30.7 Å². The van der Waals surface area contributed by atoms with Crippen LogP contribution in [0.15, 0.2) is 94.1 Å². The van der Waals surface area contributed by atoms with Crippen molar-refractivity contribution in [1.82, 2.24) is 20.4 Å². The lowest BCUT2D eigenvalue weighted by Crippen LogP contribution is -2.65. The van der Waals surface area contributed by atoms with Gasteiger partial charge in [0, 0.05) is 53.4 Å². The summed E-state index contributed by atoms with van der Waals surface area (Å²) in [4.78, 5) is 31.9. The maximum absolute atomic E-state index is 16.4. The van der Waals surface area contributed by atoms with Crippen LogP contribution in [0.3, 0.4) is 0 Å². The molecule has 8 rings (SSSR count). The molecule has 3 heterocycles. The molecular weight excluding hydrogens is 825 g/mol. The van der Waals surface area contributed by atoms with Gasteiger partial charge in [0.05, 0.1) is 35.5 Å². The number of likely N-dealkylation sites (tertiary alicyclic amines) is 2. The number of carbonyl (C=O) groups is 2. The molecule has 3 aromatic rings. The summed E-state index contributed by atoms with van der Waals surface area (Å²) in [7, 11) is -5.93. The van der Waals surface area contributed by atoms with Crippen molar-refractivity contribution in [3.8, 4) is 0 Å². The van der Waals surface area contributed by atoms with Crippen LogP contribution < -0.4 is 15.5 Å². The van der Waals surface area contributed by atoms with E-state index in [0.717, 1.165) is 81.8 Å². The second-order valence-corrected chi connectivity index (χ2v) is 21.8. The minimum absolute atomic E-state index is 0.0323. The van der Waals surface area contributed by atoms with Crippen LogP contribution in [0.4, 0.5) is 19.3 Å². The minimum atomic E-state index is -3.99. The van der Waals surface area contributed by atoms with Gasteiger partial charge in [-0.2, -0.15) is 0 Å². The van der Waals surface area contributed by atoms with Crippen molar-refractivity contribution in [2.75, 3.05) is 77.2 Å². The maximum Gasteiger partial charge on any atom is 0.407 e. The molecule has 0 spiro atoms. The third-order valence-electron chi connectivity index (χ3n) is 14.1. The number of nitrogens with zero attached hydrogens (tertiary/aromatic N) is 3. The number of methoxy groups -OCH3 is 1. The molecule has 2 aliphatic carbocycles. The highest BCUT2D eigenvalue weighted by atomic mass is 32.2. The minimum Gasteiger partial charge on any atom is -0.453 e. The summed E-state index contributed by atoms with van der Waals surface area (Å²) in [5.74, 6) is -0.615. The highest BCUT2D eigenvalue weighted by Crippen LogP contribution is 2.77. The van der Waals surface area contributed by atoms with Crippen LogP contribution in [-0.4, -0.2) is 122 Å². The number of piperidine rings is 1. The van der Waals surface area contributed by atoms with Crippen LogP contribution in [0.1, 0.15) is 60.9 Å². The monoisotopic (exact) mass is 879 g/mol. The van der Waals surface area contributed by atoms with Gasteiger partial charge >= 0.3 is 6.09 Å². The first-order valence-electron chi connectivity index (χ1n) is 21.1. The number of alkyl carbamates (subject to hydrolysis) is 1. The van der Waals surface area contributed by atoms with Crippen molar-refractivity contribution in [2.45, 2.75) is 71.4 Å². The Morgan fingerprint density at radius 3 is 2.28 bits per heavy atom. The van der Waals surface area contributed by atoms with Gasteiger partial charge in [0.2, 0.25) is 9.84 Å². The summed E-state index contributed by atoms with van der Waals surface area (Å²) in [5.41, 5.74) is -0.679. The van der Waals surface area contributed by atoms with Crippen LogP contribution in [0.2, 0.25) is 0 Å². The number of carbonyl (C=O) groups excluding carboxylic acids is 2. The van der Waals surface area contributed by atoms with Crippen molar-refractivity contribution >= 4 is 37.4 Å². The summed E-state index contributed by atoms with van der Waals surface area (Å²) in [6, 6.07) is 19.0. The molecular formula is C45H55F2N5O7S2. The van der Waals surface area contributed by atoms with Crippen LogP contribution in [0, 0.1) is 17.2 Å². The molecule has 16 heteroatoms. The molecule has 328 valence electrons. The average molecular weight is 880 g/mol. The summed E-state index contributed by atoms with van der Waals surface area (Å²) in [5, 5.41) is 6.80. The average Bonchev–Trinajstić information content (AvgIpc) is 3.70. The third-order valence-corrected chi connectivity index (χ3v) is 16.6. The molecule has 5 aliphatic rings. The van der Waals surface area contributed by atoms with Crippen LogP contribution in [0.5, 0.6) is 0 Å². The van der Waals surface area contributed by atoms with E-state index in [-0.39, 0.29) is 58.7 Å². The number of rotatable bonds is 15. The third kappa shape index (κ3) is 8.32. The molecule has 0 aromatic heterocycles. The summed E-state index contributed by atoms with van der Waals surface area (Å²) < 4.78 is 86.4. The highest BCUT2D eigenvalue weighted by molar-refractivity contribution is 7.93. The van der Waals surface area contributed by atoms with Crippen LogP contribution in [0.25, 0.3) is 0 Å². The van der Waals surface area contributed by atoms with E-state index in [4.69, 9.17) is 4.74 Å². The zero-order valence-corrected chi connectivity index (χ0v) is 36.4. The maximum atomic E-state index is 16.4. The Kier molecular flexibility index (Phi) is 11.6. The van der Waals surface area contributed by atoms with Crippen molar-refractivity contribution in [3.63, 3.8) is 0 Å². The van der Waals surface area contributed by atoms with E-state index < -0.39 is 48.3 Å². The number of anilines is 1. The number of nitrogens with one attached hydrogen (secondary N) is 2. The number of hydrogen-bond donors (Lipinski definition) is 2. The number of fused-ring (bicyclic) bond motifs is 1. The standard InChI is InChI=1S/C45H55F2N5O7S2/c1-59-41(54)49-44-19-5-18-43(44,28-44)45(32-50-21-7-22-50,35-9-4-10-36(46)27-35)34-16-23-51(24-17-34)29-42(47)30-52(31-42)37-12-14-38(15-13-37)61(57,58)39-11-3-8-33(26-39)40(53)48-20-6-25-60(2,55)56/h3-4,6,8-15,25-27,34H,5,7,16-24,28-32H2,1-2H3,(H,48,53)(H,49,54)/b25-6+/t43-,44+,45+/m1/s1. The Balaban J connectivity index is 0.913. The first kappa shape index (κ1) is 43.3. The van der Waals surface area contributed by atoms with Crippen LogP contribution >= 0.6 is 0 Å². The number of hydrogen-bond acceptors (Lipinski definition) is 10. The molecule has 3 aromatic carbocycles. The molecule has 3 atom stereocenters. The fourth-order valence-corrected chi connectivity index (χ4v) is 12.9. The Morgan fingerprint density at radius 2 is 1.62 bits per heavy atom. The van der Waals surface area contributed by atoms with Gasteiger partial charge in [0.25, 0.3) is 5.91 Å². The number of amides is 2. The zero-order valence-electron chi connectivity index (χ0n) is 34.7. The summed E-state index contributed by atoms with van der Waals surface area (Å²) in [6.07, 6.45) is 8.30. The van der Waals surface area contributed by atoms with Crippen molar-refractivity contribution in [1.29, 1.82) is 0 Å². The van der Waals surface area contributed by atoms with Gasteiger partial charge in [0.1, 0.15) is 5.82 Å². The van der Waals surface area contributed by atoms with Crippen molar-refractivity contribution in [2.24, 2.45) is 11.3 Å². The number of benzene rings is 3. The normalized spacial score (nSPS) is 25.2. The van der Waals surface area contributed by atoms with Gasteiger partial charge < -0.3 is 25.2 Å². The predicted molar refractivity (Wildman–Crippen MR) is 228 cm³/mol. The van der Waals surface area contributed by atoms with Gasteiger partial charge in [-0.05, 0) is 131 Å². The molecule has 5 fully saturated rings. The molecule has 0 bridgehead atoms. The van der Waals surface area contributed by atoms with Crippen LogP contribution in [-0.2, 0) is 29.8 Å². The van der Waals surface area contributed by atoms with E-state index in [1.54, 1.807) is 18.2 Å². The number of ether oxygens (including phenoxy) is 1. The quantitative estimate of drug-likeness (QED) is 0.201. The Labute approximate surface area is 357 Å². The number of halogens is 2. The molecule has 2 amide bonds. The number of alkyl halides is 1. The van der Waals surface area contributed by atoms with Gasteiger partial charge in [0.15, 0.2) is 15.5 Å². The molecule has 2 N–H and O–H groups in total. The zero-order chi connectivity index (χ0) is 43.3. The predicted octanol–water partition coefficient (Wildman–Crippen LogP) is 5.50. The first-order valence-corrected chi connectivity index (χ1v) is 24.6. The number of sulfone groups is 2. The van der Waals surface area contributed by atoms with Gasteiger partial charge in [-0.3, -0.25) is 9.69 Å². The largest absolute Gasteiger partial charge is 0.453 e. The Bertz CT molecular complexity index is 2400. The lowest BCUT2D eigenvalue weighted by molar-refractivity contribution is -0.00125. The SMILES string of the molecule is COC(=O)N[C@]12CCC[C@@]1([C@](CN1CCC1)(c1cccc(F)c1)C1CCN(CC3(F)CN(c4ccc(S(=O)(=O)c5cccc(C(=O)NC/C=C/S(C)(=O)=O)c5)cc4)C3)CC1)C2. The molecule has 2 saturated carbocycles. The summed E-state index contributed by atoms with van der Waals surface area (Å²) in [6.45, 7) is 4.77. The molecule has 3 saturated heterocycles. The second kappa shape index (κ2) is 16.4. The fourth-order valence-electron chi connectivity index (χ4n) is 11.2. The molecule has 0 radical (unpaired) electrons. The van der Waals surface area contributed by atoms with E-state index in [1.165, 1.54) is 55.7 Å². The van der Waals surface area contributed by atoms with E-state index in [2.05, 4.69) is 26.5 Å². The molecule has 0 unspecified atom stereocenters. The topological polar surface area (TPSA) is 145 Å². The Morgan fingerprint density at radius 1 is 0.902 bits per heavy atom. The van der Waals surface area contributed by atoms with Gasteiger partial charge in [-0.25, -0.2) is 30.4 Å². The Hall–Kier alpha value is -4.38. The fraction of sp³-hybridized carbons (Fsp3) is 0.511. The van der Waals surface area contributed by atoms with E-state index in [9.17, 15) is 26.4 Å². The molecule has 3 aliphatic heterocycles. The second-order valence-electron chi connectivity index (χ2n) is 17.9. The van der Waals surface area contributed by atoms with Crippen molar-refractivity contribution < 1.29 is 39.9 Å². The lowest BCUT2D eigenvalue weighted by atomic mass is 9.56. The lowest BCUT2D eigenvalue weighted by Gasteiger charge is -2.55. The summed E-state index contributed by atoms with van der Waals surface area (Å²) >= 11 is 0. The van der Waals surface area contributed by atoms with E-state index in [0.29, 0.717) is 18.8 Å². The van der Waals surface area contributed by atoms with E-state index in [1.807, 2.05) is 11.0 Å². The van der Waals surface area contributed by atoms with E-state index >= 15 is 8.78 Å². The molecule has 12 nitrogen and oxygen atoms in total.